The number of rotatable bonds is 5. The van der Waals surface area contributed by atoms with Crippen LogP contribution in [-0.2, 0) is 6.42 Å². The van der Waals surface area contributed by atoms with Crippen LogP contribution >= 0.6 is 0 Å². The summed E-state index contributed by atoms with van der Waals surface area (Å²) < 4.78 is 19.7. The number of fused-ring (bicyclic) bond motifs is 1. The second-order valence-corrected chi connectivity index (χ2v) is 5.21. The van der Waals surface area contributed by atoms with Gasteiger partial charge in [0.2, 0.25) is 0 Å². The SMILES string of the molecule is CC.CCCC1COc2cc(C(CO)CO)c(F)cc2C1. The first kappa shape index (κ1) is 17.9. The average Bonchev–Trinajstić information content (AvgIpc) is 2.51. The maximum Gasteiger partial charge on any atom is 0.127 e. The van der Waals surface area contributed by atoms with Crippen LogP contribution in [0.3, 0.4) is 0 Å². The first-order chi connectivity index (χ1) is 10.2. The second kappa shape index (κ2) is 9.00. The van der Waals surface area contributed by atoms with Gasteiger partial charge in [0, 0.05) is 5.92 Å². The summed E-state index contributed by atoms with van der Waals surface area (Å²) in [5, 5.41) is 18.3. The molecule has 1 aromatic rings. The molecule has 1 unspecified atom stereocenters. The van der Waals surface area contributed by atoms with Gasteiger partial charge in [0.1, 0.15) is 11.6 Å². The van der Waals surface area contributed by atoms with Crippen molar-refractivity contribution in [3.63, 3.8) is 0 Å². The third kappa shape index (κ3) is 4.42. The Balaban J connectivity index is 0.00000106. The standard InChI is InChI=1S/C15H21FO3.C2H6/c1-2-3-10-4-11-5-14(16)13(12(7-17)8-18)6-15(11)19-9-10;1-2/h5-6,10,12,17-18H,2-4,7-9H2,1H3;1-2H3. The van der Waals surface area contributed by atoms with Gasteiger partial charge in [-0.25, -0.2) is 4.39 Å². The fraction of sp³-hybridized carbons (Fsp3) is 0.647. The molecule has 2 rings (SSSR count). The minimum atomic E-state index is -0.581. The molecule has 0 saturated carbocycles. The van der Waals surface area contributed by atoms with Crippen molar-refractivity contribution in [2.75, 3.05) is 19.8 Å². The molecule has 1 aliphatic rings. The number of benzene rings is 1. The fourth-order valence-corrected chi connectivity index (χ4v) is 2.64. The van der Waals surface area contributed by atoms with Crippen LogP contribution in [0.1, 0.15) is 50.7 Å². The molecule has 1 heterocycles. The Morgan fingerprint density at radius 3 is 2.52 bits per heavy atom. The van der Waals surface area contributed by atoms with Crippen molar-refractivity contribution >= 4 is 0 Å². The number of halogens is 1. The number of ether oxygens (including phenoxy) is 1. The van der Waals surface area contributed by atoms with E-state index in [0.717, 1.165) is 24.8 Å². The zero-order valence-corrected chi connectivity index (χ0v) is 13.2. The summed E-state index contributed by atoms with van der Waals surface area (Å²) in [6.45, 7) is 6.25. The zero-order valence-electron chi connectivity index (χ0n) is 13.2. The van der Waals surface area contributed by atoms with Gasteiger partial charge in [-0.3, -0.25) is 0 Å². The average molecular weight is 298 g/mol. The van der Waals surface area contributed by atoms with E-state index < -0.39 is 5.92 Å². The Labute approximate surface area is 126 Å². The Morgan fingerprint density at radius 1 is 1.29 bits per heavy atom. The van der Waals surface area contributed by atoms with Crippen LogP contribution in [0.4, 0.5) is 4.39 Å². The van der Waals surface area contributed by atoms with Gasteiger partial charge in [0.05, 0.1) is 19.8 Å². The number of hydrogen-bond acceptors (Lipinski definition) is 3. The molecule has 0 saturated heterocycles. The smallest absolute Gasteiger partial charge is 0.127 e. The van der Waals surface area contributed by atoms with Gasteiger partial charge in [-0.15, -0.1) is 0 Å². The minimum Gasteiger partial charge on any atom is -0.493 e. The van der Waals surface area contributed by atoms with Crippen LogP contribution in [-0.4, -0.2) is 30.0 Å². The van der Waals surface area contributed by atoms with Crippen molar-refractivity contribution in [1.82, 2.24) is 0 Å². The predicted octanol–water partition coefficient (Wildman–Crippen LogP) is 3.27. The summed E-state index contributed by atoms with van der Waals surface area (Å²) in [7, 11) is 0. The van der Waals surface area contributed by atoms with Gasteiger partial charge in [0.25, 0.3) is 0 Å². The molecule has 0 amide bonds. The maximum atomic E-state index is 14.0. The molecule has 0 fully saturated rings. The van der Waals surface area contributed by atoms with Gasteiger partial charge in [0.15, 0.2) is 0 Å². The lowest BCUT2D eigenvalue weighted by molar-refractivity contribution is 0.188. The van der Waals surface area contributed by atoms with E-state index in [2.05, 4.69) is 6.92 Å². The Hall–Kier alpha value is -1.13. The summed E-state index contributed by atoms with van der Waals surface area (Å²) in [5.74, 6) is 0.194. The molecule has 1 aromatic carbocycles. The van der Waals surface area contributed by atoms with Crippen molar-refractivity contribution < 1.29 is 19.3 Å². The van der Waals surface area contributed by atoms with Gasteiger partial charge < -0.3 is 14.9 Å². The van der Waals surface area contributed by atoms with E-state index >= 15 is 0 Å². The number of aliphatic hydroxyl groups is 2. The molecule has 1 aliphatic heterocycles. The summed E-state index contributed by atoms with van der Waals surface area (Å²) in [4.78, 5) is 0. The molecule has 3 nitrogen and oxygen atoms in total. The Bertz CT molecular complexity index is 430. The molecule has 1 atom stereocenters. The van der Waals surface area contributed by atoms with Crippen LogP contribution < -0.4 is 4.74 Å². The van der Waals surface area contributed by atoms with Crippen LogP contribution in [0.2, 0.25) is 0 Å². The van der Waals surface area contributed by atoms with Crippen molar-refractivity contribution in [1.29, 1.82) is 0 Å². The maximum absolute atomic E-state index is 14.0. The first-order valence-electron chi connectivity index (χ1n) is 7.86. The lowest BCUT2D eigenvalue weighted by Crippen LogP contribution is -2.22. The van der Waals surface area contributed by atoms with Gasteiger partial charge in [-0.1, -0.05) is 27.2 Å². The monoisotopic (exact) mass is 298 g/mol. The topological polar surface area (TPSA) is 49.7 Å². The quantitative estimate of drug-likeness (QED) is 0.877. The Kier molecular flexibility index (Phi) is 7.68. The molecule has 0 aliphatic carbocycles. The van der Waals surface area contributed by atoms with E-state index in [0.29, 0.717) is 23.8 Å². The third-order valence-corrected chi connectivity index (χ3v) is 3.74. The molecule has 120 valence electrons. The van der Waals surface area contributed by atoms with E-state index in [9.17, 15) is 4.39 Å². The minimum absolute atomic E-state index is 0.273. The van der Waals surface area contributed by atoms with Gasteiger partial charge in [-0.2, -0.15) is 0 Å². The van der Waals surface area contributed by atoms with Crippen LogP contribution in [0.5, 0.6) is 5.75 Å². The second-order valence-electron chi connectivity index (χ2n) is 5.21. The van der Waals surface area contributed by atoms with Crippen LogP contribution in [0.25, 0.3) is 0 Å². The molecule has 0 radical (unpaired) electrons. The highest BCUT2D eigenvalue weighted by molar-refractivity contribution is 5.41. The Morgan fingerprint density at radius 2 is 1.95 bits per heavy atom. The number of hydrogen-bond donors (Lipinski definition) is 2. The molecule has 4 heteroatoms. The molecule has 0 bridgehead atoms. The van der Waals surface area contributed by atoms with E-state index in [1.54, 1.807) is 6.07 Å². The number of aliphatic hydroxyl groups excluding tert-OH is 2. The van der Waals surface area contributed by atoms with E-state index in [-0.39, 0.29) is 19.0 Å². The molecule has 2 N–H and O–H groups in total. The van der Waals surface area contributed by atoms with Crippen LogP contribution in [0.15, 0.2) is 12.1 Å². The normalized spacial score (nSPS) is 16.8. The van der Waals surface area contributed by atoms with E-state index in [1.807, 2.05) is 13.8 Å². The summed E-state index contributed by atoms with van der Waals surface area (Å²) in [6, 6.07) is 3.12. The molecule has 0 spiro atoms. The fourth-order valence-electron chi connectivity index (χ4n) is 2.64. The predicted molar refractivity (Wildman–Crippen MR) is 82.3 cm³/mol. The van der Waals surface area contributed by atoms with Crippen molar-refractivity contribution in [2.45, 2.75) is 46.0 Å². The lowest BCUT2D eigenvalue weighted by Gasteiger charge is -2.26. The van der Waals surface area contributed by atoms with Crippen molar-refractivity contribution in [3.8, 4) is 5.75 Å². The molecular formula is C17H27FO3. The first-order valence-corrected chi connectivity index (χ1v) is 7.86. The summed E-state index contributed by atoms with van der Waals surface area (Å²) >= 11 is 0. The van der Waals surface area contributed by atoms with Crippen molar-refractivity contribution in [2.24, 2.45) is 5.92 Å². The van der Waals surface area contributed by atoms with Gasteiger partial charge >= 0.3 is 0 Å². The van der Waals surface area contributed by atoms with E-state index in [1.165, 1.54) is 6.07 Å². The summed E-state index contributed by atoms with van der Waals surface area (Å²) in [5.41, 5.74) is 1.22. The largest absolute Gasteiger partial charge is 0.493 e. The molecule has 21 heavy (non-hydrogen) atoms. The highest BCUT2D eigenvalue weighted by Crippen LogP contribution is 2.33. The molecular weight excluding hydrogens is 271 g/mol. The third-order valence-electron chi connectivity index (χ3n) is 3.74. The zero-order chi connectivity index (χ0) is 15.8. The molecule has 0 aromatic heterocycles. The van der Waals surface area contributed by atoms with Crippen molar-refractivity contribution in [3.05, 3.63) is 29.1 Å². The van der Waals surface area contributed by atoms with E-state index in [4.69, 9.17) is 14.9 Å². The van der Waals surface area contributed by atoms with Gasteiger partial charge in [-0.05, 0) is 42.0 Å². The highest BCUT2D eigenvalue weighted by atomic mass is 19.1. The summed E-state index contributed by atoms with van der Waals surface area (Å²) in [6.07, 6.45) is 3.02. The highest BCUT2D eigenvalue weighted by Gasteiger charge is 2.23. The van der Waals surface area contributed by atoms with Crippen LogP contribution in [0, 0.1) is 11.7 Å². The lowest BCUT2D eigenvalue weighted by atomic mass is 9.90.